The normalized spacial score (nSPS) is 10.0. The number of aliphatic hydroxyl groups is 1. The van der Waals surface area contributed by atoms with Crippen LogP contribution >= 0.6 is 23.5 Å². The van der Waals surface area contributed by atoms with Crippen LogP contribution in [-0.4, -0.2) is 18.1 Å². The van der Waals surface area contributed by atoms with Gasteiger partial charge in [-0.25, -0.2) is 0 Å². The molecule has 0 aromatic heterocycles. The highest BCUT2D eigenvalue weighted by atomic mass is 32.2. The monoisotopic (exact) mass is 397 g/mol. The molecule has 0 spiro atoms. The first-order valence-electron chi connectivity index (χ1n) is 8.92. The molecule has 0 amide bonds. The fourth-order valence-corrected chi connectivity index (χ4v) is 3.84. The van der Waals surface area contributed by atoms with Crippen molar-refractivity contribution < 1.29 is 5.11 Å². The Bertz CT molecular complexity index is 733. The minimum atomic E-state index is 0.203. The highest BCUT2D eigenvalue weighted by Gasteiger charge is 1.96. The SMILES string of the molecule is CNc1ccc(CSCc2ccccc2)cc1.OCSCc1ccccc1. The Morgan fingerprint density at radius 3 is 1.52 bits per heavy atom. The minimum Gasteiger partial charge on any atom is -0.388 e. The second-order valence-corrected chi connectivity index (χ2v) is 7.83. The van der Waals surface area contributed by atoms with E-state index in [9.17, 15) is 0 Å². The van der Waals surface area contributed by atoms with Crippen molar-refractivity contribution >= 4 is 29.2 Å². The van der Waals surface area contributed by atoms with Gasteiger partial charge >= 0.3 is 0 Å². The maximum absolute atomic E-state index is 8.49. The lowest BCUT2D eigenvalue weighted by atomic mass is 10.2. The molecule has 142 valence electrons. The van der Waals surface area contributed by atoms with Gasteiger partial charge in [0, 0.05) is 30.0 Å². The molecule has 0 aliphatic carbocycles. The van der Waals surface area contributed by atoms with Gasteiger partial charge in [0.2, 0.25) is 0 Å². The van der Waals surface area contributed by atoms with Crippen molar-refractivity contribution in [2.75, 3.05) is 18.3 Å². The van der Waals surface area contributed by atoms with E-state index < -0.39 is 0 Å². The number of benzene rings is 3. The van der Waals surface area contributed by atoms with Crippen LogP contribution in [0.25, 0.3) is 0 Å². The van der Waals surface area contributed by atoms with Gasteiger partial charge in [-0.15, -0.1) is 11.8 Å². The molecule has 2 N–H and O–H groups in total. The summed E-state index contributed by atoms with van der Waals surface area (Å²) in [5, 5.41) is 11.6. The molecule has 0 aliphatic rings. The quantitative estimate of drug-likeness (QED) is 0.455. The van der Waals surface area contributed by atoms with Gasteiger partial charge in [-0.2, -0.15) is 11.8 Å². The van der Waals surface area contributed by atoms with Crippen molar-refractivity contribution in [2.24, 2.45) is 0 Å². The van der Waals surface area contributed by atoms with Crippen LogP contribution in [0.5, 0.6) is 0 Å². The largest absolute Gasteiger partial charge is 0.388 e. The zero-order chi connectivity index (χ0) is 19.2. The van der Waals surface area contributed by atoms with E-state index in [-0.39, 0.29) is 5.94 Å². The van der Waals surface area contributed by atoms with E-state index in [0.29, 0.717) is 0 Å². The number of thioether (sulfide) groups is 2. The third-order valence-electron chi connectivity index (χ3n) is 3.83. The predicted octanol–water partition coefficient (Wildman–Crippen LogP) is 6.03. The Labute approximate surface area is 171 Å². The van der Waals surface area contributed by atoms with Crippen LogP contribution in [-0.2, 0) is 17.3 Å². The molecule has 0 atom stereocenters. The summed E-state index contributed by atoms with van der Waals surface area (Å²) in [6.45, 7) is 0. The minimum absolute atomic E-state index is 0.203. The zero-order valence-electron chi connectivity index (χ0n) is 15.7. The number of aliphatic hydroxyl groups excluding tert-OH is 1. The lowest BCUT2D eigenvalue weighted by Gasteiger charge is -2.04. The number of anilines is 1. The molecule has 3 aromatic rings. The van der Waals surface area contributed by atoms with Crippen molar-refractivity contribution in [3.05, 3.63) is 102 Å². The molecule has 4 heteroatoms. The van der Waals surface area contributed by atoms with Gasteiger partial charge in [0.15, 0.2) is 0 Å². The van der Waals surface area contributed by atoms with Crippen molar-refractivity contribution in [3.8, 4) is 0 Å². The van der Waals surface area contributed by atoms with Crippen LogP contribution < -0.4 is 5.32 Å². The smallest absolute Gasteiger partial charge is 0.0889 e. The van der Waals surface area contributed by atoms with E-state index in [1.54, 1.807) is 0 Å². The third-order valence-corrected chi connectivity index (χ3v) is 5.62. The van der Waals surface area contributed by atoms with Crippen LogP contribution in [0.2, 0.25) is 0 Å². The molecule has 0 saturated heterocycles. The number of rotatable bonds is 8. The molecule has 0 fully saturated rings. The Kier molecular flexibility index (Phi) is 10.6. The second kappa shape index (κ2) is 13.3. The summed E-state index contributed by atoms with van der Waals surface area (Å²) in [5.41, 5.74) is 5.21. The molecule has 0 saturated carbocycles. The molecule has 0 aliphatic heterocycles. The van der Waals surface area contributed by atoms with Crippen molar-refractivity contribution in [3.63, 3.8) is 0 Å². The Hall–Kier alpha value is -1.88. The topological polar surface area (TPSA) is 32.3 Å². The van der Waals surface area contributed by atoms with Crippen molar-refractivity contribution in [1.29, 1.82) is 0 Å². The molecule has 3 rings (SSSR count). The fourth-order valence-electron chi connectivity index (χ4n) is 2.37. The molecular formula is C23H27NOS2. The number of hydrogen-bond donors (Lipinski definition) is 2. The average Bonchev–Trinajstić information content (AvgIpc) is 2.75. The first-order chi connectivity index (χ1) is 13.3. The highest BCUT2D eigenvalue weighted by Crippen LogP contribution is 2.19. The molecule has 0 heterocycles. The Balaban J connectivity index is 0.000000223. The predicted molar refractivity (Wildman–Crippen MR) is 122 cm³/mol. The van der Waals surface area contributed by atoms with Crippen molar-refractivity contribution in [2.45, 2.75) is 17.3 Å². The first-order valence-corrected chi connectivity index (χ1v) is 11.2. The maximum Gasteiger partial charge on any atom is 0.0889 e. The zero-order valence-corrected chi connectivity index (χ0v) is 17.3. The van der Waals surface area contributed by atoms with Gasteiger partial charge in [0.05, 0.1) is 5.94 Å². The van der Waals surface area contributed by atoms with Gasteiger partial charge in [0.1, 0.15) is 0 Å². The maximum atomic E-state index is 8.49. The second-order valence-electron chi connectivity index (χ2n) is 5.89. The summed E-state index contributed by atoms with van der Waals surface area (Å²) < 4.78 is 0. The lowest BCUT2D eigenvalue weighted by molar-refractivity contribution is 0.375. The third kappa shape index (κ3) is 9.05. The van der Waals surface area contributed by atoms with Gasteiger partial charge in [-0.3, -0.25) is 0 Å². The van der Waals surface area contributed by atoms with Crippen LogP contribution in [0.1, 0.15) is 16.7 Å². The van der Waals surface area contributed by atoms with E-state index in [2.05, 4.69) is 72.0 Å². The summed E-state index contributed by atoms with van der Waals surface area (Å²) in [7, 11) is 1.94. The number of hydrogen-bond acceptors (Lipinski definition) is 4. The fraction of sp³-hybridized carbons (Fsp3) is 0.217. The van der Waals surface area contributed by atoms with Gasteiger partial charge in [0.25, 0.3) is 0 Å². The van der Waals surface area contributed by atoms with Crippen LogP contribution in [0, 0.1) is 0 Å². The summed E-state index contributed by atoms with van der Waals surface area (Å²) in [5.74, 6) is 3.25. The van der Waals surface area contributed by atoms with E-state index in [4.69, 9.17) is 5.11 Å². The summed E-state index contributed by atoms with van der Waals surface area (Å²) in [6.07, 6.45) is 0. The van der Waals surface area contributed by atoms with Crippen LogP contribution in [0.3, 0.4) is 0 Å². The molecular weight excluding hydrogens is 370 g/mol. The Morgan fingerprint density at radius 1 is 0.630 bits per heavy atom. The van der Waals surface area contributed by atoms with Gasteiger partial charge in [-0.1, -0.05) is 72.8 Å². The van der Waals surface area contributed by atoms with E-state index in [1.165, 1.54) is 34.1 Å². The summed E-state index contributed by atoms with van der Waals surface area (Å²) in [4.78, 5) is 0. The van der Waals surface area contributed by atoms with Gasteiger partial charge < -0.3 is 10.4 Å². The number of nitrogens with one attached hydrogen (secondary N) is 1. The van der Waals surface area contributed by atoms with E-state index in [0.717, 1.165) is 17.3 Å². The van der Waals surface area contributed by atoms with Gasteiger partial charge in [-0.05, 0) is 28.8 Å². The van der Waals surface area contributed by atoms with Crippen LogP contribution in [0.4, 0.5) is 5.69 Å². The summed E-state index contributed by atoms with van der Waals surface area (Å²) >= 11 is 3.47. The molecule has 0 unspecified atom stereocenters. The molecule has 0 radical (unpaired) electrons. The Morgan fingerprint density at radius 2 is 1.07 bits per heavy atom. The molecule has 0 bridgehead atoms. The first kappa shape index (κ1) is 21.4. The summed E-state index contributed by atoms with van der Waals surface area (Å²) in [6, 6.07) is 29.3. The standard InChI is InChI=1S/C15H17NS.C8H10OS/c1-16-15-9-7-14(8-10-15)12-17-11-13-5-3-2-4-6-13;9-7-10-6-8-4-2-1-3-5-8/h2-10,16H,11-12H2,1H3;1-5,9H,6-7H2. The lowest BCUT2D eigenvalue weighted by Crippen LogP contribution is -1.88. The molecule has 2 nitrogen and oxygen atoms in total. The average molecular weight is 398 g/mol. The molecule has 3 aromatic carbocycles. The molecule has 27 heavy (non-hydrogen) atoms. The highest BCUT2D eigenvalue weighted by molar-refractivity contribution is 7.98. The van der Waals surface area contributed by atoms with E-state index in [1.807, 2.05) is 37.0 Å². The van der Waals surface area contributed by atoms with E-state index >= 15 is 0 Å². The van der Waals surface area contributed by atoms with Crippen LogP contribution in [0.15, 0.2) is 84.9 Å². The van der Waals surface area contributed by atoms with Crippen molar-refractivity contribution in [1.82, 2.24) is 0 Å².